The fourth-order valence-corrected chi connectivity index (χ4v) is 6.78. The fraction of sp³-hybridized carbons (Fsp3) is 0.346. The molecule has 1 aromatic carbocycles. The van der Waals surface area contributed by atoms with Crippen LogP contribution in [0.15, 0.2) is 78.9 Å². The Labute approximate surface area is 180 Å². The van der Waals surface area contributed by atoms with E-state index >= 15 is 0 Å². The molecule has 1 saturated heterocycles. The highest BCUT2D eigenvalue weighted by molar-refractivity contribution is 6.16. The molecule has 5 aliphatic carbocycles. The molecular formula is C26H23NO4. The van der Waals surface area contributed by atoms with Crippen LogP contribution in [0.1, 0.15) is 5.56 Å². The Bertz CT molecular complexity index is 974. The van der Waals surface area contributed by atoms with E-state index in [1.165, 1.54) is 0 Å². The summed E-state index contributed by atoms with van der Waals surface area (Å²) in [7, 11) is 0. The minimum atomic E-state index is -0.851. The van der Waals surface area contributed by atoms with E-state index in [2.05, 4.69) is 24.3 Å². The molecule has 156 valence electrons. The van der Waals surface area contributed by atoms with Crippen molar-refractivity contribution in [2.75, 3.05) is 0 Å². The van der Waals surface area contributed by atoms with Crippen LogP contribution in [0.4, 0.5) is 4.79 Å². The zero-order valence-electron chi connectivity index (χ0n) is 16.9. The molecule has 0 aromatic heterocycles. The molecule has 6 unspecified atom stereocenters. The van der Waals surface area contributed by atoms with E-state index in [0.29, 0.717) is 0 Å². The van der Waals surface area contributed by atoms with Gasteiger partial charge in [-0.15, -0.1) is 0 Å². The van der Waals surface area contributed by atoms with Crippen LogP contribution < -0.4 is 0 Å². The van der Waals surface area contributed by atoms with Crippen LogP contribution in [0.25, 0.3) is 0 Å². The van der Waals surface area contributed by atoms with E-state index in [4.69, 9.17) is 4.74 Å². The number of rotatable bonds is 2. The van der Waals surface area contributed by atoms with Crippen molar-refractivity contribution in [2.45, 2.75) is 6.61 Å². The molecule has 1 aliphatic heterocycles. The number of hydrogen-bond acceptors (Lipinski definition) is 4. The lowest BCUT2D eigenvalue weighted by atomic mass is 9.43. The first-order chi connectivity index (χ1) is 15.2. The number of hydrogen-bond donors (Lipinski definition) is 0. The summed E-state index contributed by atoms with van der Waals surface area (Å²) in [5.41, 5.74) is 0.815. The Hall–Kier alpha value is -3.21. The van der Waals surface area contributed by atoms with E-state index in [9.17, 15) is 14.4 Å². The predicted octanol–water partition coefficient (Wildman–Crippen LogP) is 3.90. The molecule has 5 heteroatoms. The highest BCUT2D eigenvalue weighted by Crippen LogP contribution is 2.64. The maximum atomic E-state index is 13.5. The van der Waals surface area contributed by atoms with Crippen molar-refractivity contribution >= 4 is 17.9 Å². The van der Waals surface area contributed by atoms with Crippen molar-refractivity contribution in [2.24, 2.45) is 47.3 Å². The maximum Gasteiger partial charge on any atom is 0.423 e. The zero-order chi connectivity index (χ0) is 21.1. The highest BCUT2D eigenvalue weighted by Gasteiger charge is 2.69. The molecule has 1 heterocycles. The second-order valence-corrected chi connectivity index (χ2v) is 9.11. The molecule has 3 amide bonds. The molecule has 2 bridgehead atoms. The number of amides is 3. The number of allylic oxidation sites excluding steroid dienone is 8. The van der Waals surface area contributed by atoms with E-state index in [1.807, 2.05) is 54.6 Å². The molecule has 6 atom stereocenters. The molecule has 3 saturated carbocycles. The first-order valence-electron chi connectivity index (χ1n) is 11.0. The minimum Gasteiger partial charge on any atom is -0.444 e. The van der Waals surface area contributed by atoms with Gasteiger partial charge in [0.25, 0.3) is 0 Å². The summed E-state index contributed by atoms with van der Waals surface area (Å²) in [6.07, 6.45) is 16.1. The predicted molar refractivity (Wildman–Crippen MR) is 113 cm³/mol. The largest absolute Gasteiger partial charge is 0.444 e. The third-order valence-electron chi connectivity index (χ3n) is 7.84. The molecule has 0 spiro atoms. The summed E-state index contributed by atoms with van der Waals surface area (Å²) >= 11 is 0. The average Bonchev–Trinajstić information content (AvgIpc) is 3.09. The lowest BCUT2D eigenvalue weighted by Gasteiger charge is -2.59. The summed E-state index contributed by atoms with van der Waals surface area (Å²) in [5.74, 6) is -0.816. The van der Waals surface area contributed by atoms with E-state index < -0.39 is 17.9 Å². The van der Waals surface area contributed by atoms with Crippen LogP contribution in [-0.4, -0.2) is 22.8 Å². The van der Waals surface area contributed by atoms with Crippen molar-refractivity contribution < 1.29 is 19.1 Å². The summed E-state index contributed by atoms with van der Waals surface area (Å²) in [6, 6.07) is 9.27. The molecule has 31 heavy (non-hydrogen) atoms. The number of imide groups is 3. The van der Waals surface area contributed by atoms with E-state index in [-0.39, 0.29) is 53.9 Å². The zero-order valence-corrected chi connectivity index (χ0v) is 16.9. The maximum absolute atomic E-state index is 13.5. The lowest BCUT2D eigenvalue weighted by Crippen LogP contribution is -2.59. The molecule has 4 fully saturated rings. The van der Waals surface area contributed by atoms with Gasteiger partial charge < -0.3 is 4.74 Å². The number of likely N-dealkylation sites (tertiary alicyclic amines) is 1. The first-order valence-corrected chi connectivity index (χ1v) is 11.0. The summed E-state index contributed by atoms with van der Waals surface area (Å²) in [6.45, 7) is 0.0341. The fourth-order valence-electron chi connectivity index (χ4n) is 6.78. The van der Waals surface area contributed by atoms with E-state index in [0.717, 1.165) is 10.5 Å². The number of benzene rings is 1. The quantitative estimate of drug-likeness (QED) is 0.690. The molecule has 6 aliphatic rings. The molecule has 5 nitrogen and oxygen atoms in total. The standard InChI is InChI=1S/C26H23NO4/c28-24-22-20-16-10-4-5-11-17(16)21(19-13-7-6-12-18(19)20)23(22)25(29)27(24)26(30)31-14-15-8-2-1-3-9-15/h1-13,16-23H,14H2. The molecule has 7 rings (SSSR count). The van der Waals surface area contributed by atoms with Gasteiger partial charge >= 0.3 is 6.09 Å². The van der Waals surface area contributed by atoms with Gasteiger partial charge in [0.05, 0.1) is 11.8 Å². The first kappa shape index (κ1) is 18.6. The van der Waals surface area contributed by atoms with Gasteiger partial charge in [0.1, 0.15) is 6.61 Å². The van der Waals surface area contributed by atoms with Crippen LogP contribution in [0.3, 0.4) is 0 Å². The van der Waals surface area contributed by atoms with Crippen molar-refractivity contribution in [1.82, 2.24) is 4.90 Å². The van der Waals surface area contributed by atoms with Gasteiger partial charge in [-0.3, -0.25) is 9.59 Å². The van der Waals surface area contributed by atoms with Crippen LogP contribution in [0.2, 0.25) is 0 Å². The molecule has 0 N–H and O–H groups in total. The number of carbonyl (C=O) groups excluding carboxylic acids is 3. The van der Waals surface area contributed by atoms with Crippen LogP contribution in [0.5, 0.6) is 0 Å². The van der Waals surface area contributed by atoms with Gasteiger partial charge in [-0.1, -0.05) is 78.9 Å². The number of ether oxygens (including phenoxy) is 1. The Morgan fingerprint density at radius 2 is 1.19 bits per heavy atom. The van der Waals surface area contributed by atoms with Gasteiger partial charge in [0.15, 0.2) is 0 Å². The molecule has 1 aromatic rings. The Balaban J connectivity index is 1.33. The third kappa shape index (κ3) is 2.59. The normalized spacial score (nSPS) is 38.8. The summed E-state index contributed by atoms with van der Waals surface area (Å²) in [5, 5.41) is 0. The smallest absolute Gasteiger partial charge is 0.423 e. The van der Waals surface area contributed by atoms with Gasteiger partial charge in [-0.2, -0.15) is 4.90 Å². The molecular weight excluding hydrogens is 390 g/mol. The highest BCUT2D eigenvalue weighted by atomic mass is 16.6. The van der Waals surface area contributed by atoms with Crippen LogP contribution in [-0.2, 0) is 20.9 Å². The summed E-state index contributed by atoms with van der Waals surface area (Å²) < 4.78 is 5.38. The average molecular weight is 413 g/mol. The third-order valence-corrected chi connectivity index (χ3v) is 7.84. The SMILES string of the molecule is O=C(OCc1ccccc1)N1C(=O)C2C(C1=O)C1C3C=CC=CC3C2C2C=CC=CC21. The van der Waals surface area contributed by atoms with Crippen molar-refractivity contribution in [3.05, 3.63) is 84.5 Å². The number of nitrogens with zero attached hydrogens (tertiary/aromatic N) is 1. The minimum absolute atomic E-state index is 0.00998. The summed E-state index contributed by atoms with van der Waals surface area (Å²) in [4.78, 5) is 40.6. The molecule has 0 radical (unpaired) electrons. The van der Waals surface area contributed by atoms with Crippen LogP contribution in [0, 0.1) is 47.3 Å². The second kappa shape index (κ2) is 6.91. The van der Waals surface area contributed by atoms with Gasteiger partial charge in [-0.05, 0) is 41.1 Å². The van der Waals surface area contributed by atoms with Gasteiger partial charge in [0.2, 0.25) is 11.8 Å². The Morgan fingerprint density at radius 3 is 1.65 bits per heavy atom. The lowest BCUT2D eigenvalue weighted by molar-refractivity contribution is -0.144. The van der Waals surface area contributed by atoms with Crippen molar-refractivity contribution in [1.29, 1.82) is 0 Å². The topological polar surface area (TPSA) is 63.7 Å². The second-order valence-electron chi connectivity index (χ2n) is 9.11. The van der Waals surface area contributed by atoms with Crippen molar-refractivity contribution in [3.8, 4) is 0 Å². The van der Waals surface area contributed by atoms with E-state index in [1.54, 1.807) is 0 Å². The Kier molecular flexibility index (Phi) is 4.13. The van der Waals surface area contributed by atoms with Crippen molar-refractivity contribution in [3.63, 3.8) is 0 Å². The van der Waals surface area contributed by atoms with Crippen LogP contribution >= 0.6 is 0 Å². The van der Waals surface area contributed by atoms with Gasteiger partial charge in [-0.25, -0.2) is 4.79 Å². The monoisotopic (exact) mass is 413 g/mol. The Morgan fingerprint density at radius 1 is 0.742 bits per heavy atom. The van der Waals surface area contributed by atoms with Gasteiger partial charge in [0, 0.05) is 0 Å². The number of carbonyl (C=O) groups is 3.